The Kier molecular flexibility index (Phi) is 11.6. The van der Waals surface area contributed by atoms with Gasteiger partial charge in [-0.15, -0.1) is 0 Å². The number of aliphatic hydroxyl groups is 3. The van der Waals surface area contributed by atoms with Crippen LogP contribution in [0.15, 0.2) is 65.8 Å². The highest BCUT2D eigenvalue weighted by molar-refractivity contribution is 5.67. The number of benzene rings is 2. The van der Waals surface area contributed by atoms with Gasteiger partial charge in [-0.25, -0.2) is 4.79 Å². The number of rotatable bonds is 13. The van der Waals surface area contributed by atoms with Crippen LogP contribution in [-0.4, -0.2) is 76.7 Å². The van der Waals surface area contributed by atoms with Crippen molar-refractivity contribution < 1.29 is 34.3 Å². The highest BCUT2D eigenvalue weighted by atomic mass is 16.7. The maximum absolute atomic E-state index is 12.8. The van der Waals surface area contributed by atoms with Crippen molar-refractivity contribution in [2.75, 3.05) is 19.8 Å². The second-order valence-electron chi connectivity index (χ2n) is 8.78. The maximum Gasteiger partial charge on any atom is 0.410 e. The van der Waals surface area contributed by atoms with Gasteiger partial charge < -0.3 is 34.4 Å². The second-order valence-corrected chi connectivity index (χ2v) is 8.78. The van der Waals surface area contributed by atoms with E-state index in [1.807, 2.05) is 60.7 Å². The largest absolute Gasteiger partial charge is 0.445 e. The first-order valence-corrected chi connectivity index (χ1v) is 12.3. The van der Waals surface area contributed by atoms with Gasteiger partial charge in [-0.05, 0) is 35.9 Å². The Balaban J connectivity index is 1.47. The van der Waals surface area contributed by atoms with E-state index in [1.165, 1.54) is 0 Å². The Morgan fingerprint density at radius 3 is 2.32 bits per heavy atom. The van der Waals surface area contributed by atoms with Gasteiger partial charge in [-0.2, -0.15) is 0 Å². The van der Waals surface area contributed by atoms with Crippen LogP contribution in [0.5, 0.6) is 0 Å². The number of hydrogen-bond donors (Lipinski definition) is 3. The zero-order valence-corrected chi connectivity index (χ0v) is 20.6. The van der Waals surface area contributed by atoms with Crippen LogP contribution >= 0.6 is 0 Å². The van der Waals surface area contributed by atoms with E-state index in [1.54, 1.807) is 4.90 Å². The van der Waals surface area contributed by atoms with E-state index >= 15 is 0 Å². The lowest BCUT2D eigenvalue weighted by molar-refractivity contribution is -0.265. The van der Waals surface area contributed by atoms with Crippen LogP contribution in [0.4, 0.5) is 4.79 Å². The highest BCUT2D eigenvalue weighted by Crippen LogP contribution is 2.25. The molecule has 3 N–H and O–H groups in total. The fourth-order valence-electron chi connectivity index (χ4n) is 4.02. The number of azide groups is 1. The Morgan fingerprint density at radius 1 is 1.00 bits per heavy atom. The summed E-state index contributed by atoms with van der Waals surface area (Å²) in [6, 6.07) is 18.1. The monoisotopic (exact) mass is 514 g/mol. The molecule has 2 aromatic carbocycles. The van der Waals surface area contributed by atoms with Crippen molar-refractivity contribution in [2.45, 2.75) is 63.1 Å². The Bertz CT molecular complexity index is 991. The molecule has 1 aliphatic rings. The molecular weight excluding hydrogens is 480 g/mol. The van der Waals surface area contributed by atoms with Crippen LogP contribution in [0.3, 0.4) is 0 Å². The number of unbranched alkanes of at least 4 members (excludes halogenated alkanes) is 2. The summed E-state index contributed by atoms with van der Waals surface area (Å²) in [5.74, 6) is 0. The zero-order chi connectivity index (χ0) is 26.5. The summed E-state index contributed by atoms with van der Waals surface area (Å²) in [5.41, 5.74) is 10.7. The summed E-state index contributed by atoms with van der Waals surface area (Å²) in [6.07, 6.45) is -3.29. The van der Waals surface area contributed by atoms with Gasteiger partial charge in [0.1, 0.15) is 24.9 Å². The van der Waals surface area contributed by atoms with Gasteiger partial charge in [0.25, 0.3) is 0 Å². The van der Waals surface area contributed by atoms with Gasteiger partial charge in [-0.3, -0.25) is 0 Å². The third-order valence-electron chi connectivity index (χ3n) is 6.07. The number of carbonyl (C=O) groups excluding carboxylic acids is 1. The van der Waals surface area contributed by atoms with E-state index in [9.17, 15) is 20.1 Å². The van der Waals surface area contributed by atoms with Gasteiger partial charge >= 0.3 is 6.09 Å². The summed E-state index contributed by atoms with van der Waals surface area (Å²) in [5, 5.41) is 33.0. The Hall–Kier alpha value is -3.18. The molecule has 0 radical (unpaired) electrons. The van der Waals surface area contributed by atoms with Gasteiger partial charge in [0, 0.05) is 24.6 Å². The molecule has 200 valence electrons. The molecule has 0 unspecified atom stereocenters. The van der Waals surface area contributed by atoms with Gasteiger partial charge in [0.15, 0.2) is 6.29 Å². The van der Waals surface area contributed by atoms with E-state index < -0.39 is 37.3 Å². The fourth-order valence-corrected chi connectivity index (χ4v) is 4.02. The van der Waals surface area contributed by atoms with Crippen molar-refractivity contribution in [3.05, 3.63) is 82.2 Å². The molecule has 0 aromatic heterocycles. The average Bonchev–Trinajstić information content (AvgIpc) is 2.93. The summed E-state index contributed by atoms with van der Waals surface area (Å²) in [4.78, 5) is 17.2. The lowest BCUT2D eigenvalue weighted by Crippen LogP contribution is -2.58. The number of nitrogens with zero attached hydrogens (tertiary/aromatic N) is 4. The predicted octanol–water partition coefficient (Wildman–Crippen LogP) is 3.13. The van der Waals surface area contributed by atoms with Crippen molar-refractivity contribution in [1.82, 2.24) is 4.90 Å². The highest BCUT2D eigenvalue weighted by Gasteiger charge is 2.44. The van der Waals surface area contributed by atoms with Gasteiger partial charge in [0.05, 0.1) is 12.7 Å². The molecule has 1 aliphatic heterocycles. The summed E-state index contributed by atoms with van der Waals surface area (Å²) in [7, 11) is 0. The smallest absolute Gasteiger partial charge is 0.410 e. The van der Waals surface area contributed by atoms with E-state index in [0.717, 1.165) is 17.5 Å². The van der Waals surface area contributed by atoms with E-state index in [-0.39, 0.29) is 19.3 Å². The number of amides is 1. The van der Waals surface area contributed by atoms with E-state index in [4.69, 9.17) is 19.7 Å². The standard InChI is InChI=1S/C26H34N4O7/c27-29-28-22-24(33)23(32)21(17-31)37-25(22)35-15-9-3-8-14-30(16-19-10-4-1-5-11-19)26(34)36-18-20-12-6-2-7-13-20/h1-2,4-7,10-13,21-25,31-33H,3,8-9,14-18H2/t21-,22-,23-,24-,25+/m1/s1. The minimum absolute atomic E-state index is 0.196. The third kappa shape index (κ3) is 8.71. The lowest BCUT2D eigenvalue weighted by atomic mass is 9.98. The van der Waals surface area contributed by atoms with E-state index in [0.29, 0.717) is 25.9 Å². The van der Waals surface area contributed by atoms with Crippen LogP contribution in [0.25, 0.3) is 10.4 Å². The van der Waals surface area contributed by atoms with Crippen molar-refractivity contribution in [1.29, 1.82) is 0 Å². The molecule has 2 aromatic rings. The van der Waals surface area contributed by atoms with Crippen LogP contribution < -0.4 is 0 Å². The topological polar surface area (TPSA) is 157 Å². The fraction of sp³-hybridized carbons (Fsp3) is 0.500. The number of ether oxygens (including phenoxy) is 3. The third-order valence-corrected chi connectivity index (χ3v) is 6.07. The molecule has 0 saturated carbocycles. The molecule has 3 rings (SSSR count). The Morgan fingerprint density at radius 2 is 1.68 bits per heavy atom. The first kappa shape index (κ1) is 28.4. The quantitative estimate of drug-likeness (QED) is 0.160. The first-order chi connectivity index (χ1) is 18.0. The summed E-state index contributed by atoms with van der Waals surface area (Å²) >= 11 is 0. The van der Waals surface area contributed by atoms with Crippen molar-refractivity contribution in [3.63, 3.8) is 0 Å². The molecule has 11 heteroatoms. The molecule has 0 spiro atoms. The molecule has 1 saturated heterocycles. The number of carbonyl (C=O) groups is 1. The molecule has 37 heavy (non-hydrogen) atoms. The van der Waals surface area contributed by atoms with Crippen molar-refractivity contribution in [2.24, 2.45) is 5.11 Å². The molecule has 0 aliphatic carbocycles. The zero-order valence-electron chi connectivity index (χ0n) is 20.6. The van der Waals surface area contributed by atoms with Crippen molar-refractivity contribution >= 4 is 6.09 Å². The molecule has 11 nitrogen and oxygen atoms in total. The predicted molar refractivity (Wildman–Crippen MR) is 134 cm³/mol. The number of aliphatic hydroxyl groups excluding tert-OH is 3. The van der Waals surface area contributed by atoms with Gasteiger partial charge in [-0.1, -0.05) is 65.8 Å². The SMILES string of the molecule is [N-]=[N+]=N[C@H]1[C@@H](OCCCCCN(Cc2ccccc2)C(=O)OCc2ccccc2)O[C@H](CO)[C@@H](O)[C@@H]1O. The minimum atomic E-state index is -1.42. The minimum Gasteiger partial charge on any atom is -0.445 e. The summed E-state index contributed by atoms with van der Waals surface area (Å²) < 4.78 is 16.7. The second kappa shape index (κ2) is 15.2. The lowest BCUT2D eigenvalue weighted by Gasteiger charge is -2.40. The molecule has 5 atom stereocenters. The van der Waals surface area contributed by atoms with Crippen LogP contribution in [0.1, 0.15) is 30.4 Å². The van der Waals surface area contributed by atoms with Crippen LogP contribution in [0, 0.1) is 0 Å². The molecule has 1 heterocycles. The van der Waals surface area contributed by atoms with Gasteiger partial charge in [0.2, 0.25) is 0 Å². The van der Waals surface area contributed by atoms with E-state index in [2.05, 4.69) is 10.0 Å². The number of hydrogen-bond acceptors (Lipinski definition) is 8. The van der Waals surface area contributed by atoms with Crippen LogP contribution in [-0.2, 0) is 27.4 Å². The normalized spacial score (nSPS) is 23.2. The average molecular weight is 515 g/mol. The molecule has 0 bridgehead atoms. The van der Waals surface area contributed by atoms with Crippen molar-refractivity contribution in [3.8, 4) is 0 Å². The van der Waals surface area contributed by atoms with Crippen LogP contribution in [0.2, 0.25) is 0 Å². The first-order valence-electron chi connectivity index (χ1n) is 12.3. The maximum atomic E-state index is 12.8. The molecule has 1 fully saturated rings. The molecular formula is C26H34N4O7. The summed E-state index contributed by atoms with van der Waals surface area (Å²) in [6.45, 7) is 0.833. The Labute approximate surface area is 215 Å². The molecule has 1 amide bonds.